The van der Waals surface area contributed by atoms with E-state index in [-0.39, 0.29) is 38.5 Å². The maximum absolute atomic E-state index is 14.1. The molecule has 0 spiro atoms. The van der Waals surface area contributed by atoms with Crippen molar-refractivity contribution in [3.05, 3.63) is 65.1 Å². The lowest BCUT2D eigenvalue weighted by atomic mass is 9.97. The minimum Gasteiger partial charge on any atom is -0.436 e. The molecule has 2 aromatic heterocycles. The summed E-state index contributed by atoms with van der Waals surface area (Å²) >= 11 is 5.90. The Kier molecular flexibility index (Phi) is 6.46. The largest absolute Gasteiger partial charge is 0.436 e. The predicted molar refractivity (Wildman–Crippen MR) is 129 cm³/mol. The standard InChI is InChI=1S/C24H24ClFN4O4S/c1-14-12-24(2,3)30(13-14)23-21(22(27)31)18(9-10-28-23)35(32,33)20-6-4-5-19(29-20)34-17-11-15(25)7-8-16(17)26/h4-11,14H,12-13H2,1-3H3,(H2,27,31). The van der Waals surface area contributed by atoms with Crippen LogP contribution in [0.4, 0.5) is 10.2 Å². The first kappa shape index (κ1) is 24.9. The second kappa shape index (κ2) is 9.09. The van der Waals surface area contributed by atoms with Crippen molar-refractivity contribution < 1.29 is 22.3 Å². The van der Waals surface area contributed by atoms with Crippen molar-refractivity contribution in [2.24, 2.45) is 11.7 Å². The van der Waals surface area contributed by atoms with E-state index in [1.54, 1.807) is 0 Å². The van der Waals surface area contributed by atoms with Gasteiger partial charge in [-0.2, -0.15) is 0 Å². The molecular weight excluding hydrogens is 495 g/mol. The van der Waals surface area contributed by atoms with Gasteiger partial charge in [0.1, 0.15) is 11.4 Å². The molecule has 2 N–H and O–H groups in total. The molecule has 1 atom stereocenters. The first-order valence-corrected chi connectivity index (χ1v) is 12.7. The van der Waals surface area contributed by atoms with Crippen LogP contribution in [-0.2, 0) is 9.84 Å². The van der Waals surface area contributed by atoms with E-state index in [4.69, 9.17) is 22.1 Å². The first-order chi connectivity index (χ1) is 16.4. The molecule has 0 saturated carbocycles. The van der Waals surface area contributed by atoms with Gasteiger partial charge in [-0.25, -0.2) is 22.8 Å². The van der Waals surface area contributed by atoms with Crippen molar-refractivity contribution in [2.75, 3.05) is 11.4 Å². The van der Waals surface area contributed by atoms with Crippen LogP contribution in [0.1, 0.15) is 37.6 Å². The van der Waals surface area contributed by atoms with Gasteiger partial charge in [0.25, 0.3) is 5.91 Å². The number of halogens is 2. The van der Waals surface area contributed by atoms with Gasteiger partial charge < -0.3 is 15.4 Å². The van der Waals surface area contributed by atoms with Crippen LogP contribution < -0.4 is 15.4 Å². The van der Waals surface area contributed by atoms with Crippen molar-refractivity contribution in [3.8, 4) is 11.6 Å². The first-order valence-electron chi connectivity index (χ1n) is 10.8. The van der Waals surface area contributed by atoms with Crippen LogP contribution in [0, 0.1) is 11.7 Å². The maximum Gasteiger partial charge on any atom is 0.253 e. The van der Waals surface area contributed by atoms with Crippen LogP contribution in [0.2, 0.25) is 5.02 Å². The van der Waals surface area contributed by atoms with E-state index in [0.717, 1.165) is 12.5 Å². The maximum atomic E-state index is 14.1. The summed E-state index contributed by atoms with van der Waals surface area (Å²) in [5.41, 5.74) is 5.11. The number of amides is 1. The average molecular weight is 519 g/mol. The molecule has 1 saturated heterocycles. The number of hydrogen-bond donors (Lipinski definition) is 1. The van der Waals surface area contributed by atoms with Crippen molar-refractivity contribution in [1.29, 1.82) is 0 Å². The lowest BCUT2D eigenvalue weighted by Crippen LogP contribution is -2.40. The number of ether oxygens (including phenoxy) is 1. The minimum absolute atomic E-state index is 0.170. The Balaban J connectivity index is 1.79. The highest BCUT2D eigenvalue weighted by atomic mass is 35.5. The van der Waals surface area contributed by atoms with Crippen molar-refractivity contribution in [2.45, 2.75) is 42.7 Å². The highest BCUT2D eigenvalue weighted by Crippen LogP contribution is 2.39. The van der Waals surface area contributed by atoms with Gasteiger partial charge in [0.15, 0.2) is 16.6 Å². The Morgan fingerprint density at radius 1 is 1.26 bits per heavy atom. The topological polar surface area (TPSA) is 115 Å². The zero-order valence-electron chi connectivity index (χ0n) is 19.3. The summed E-state index contributed by atoms with van der Waals surface area (Å²) < 4.78 is 46.7. The highest BCUT2D eigenvalue weighted by Gasteiger charge is 2.40. The Bertz CT molecular complexity index is 1410. The molecule has 11 heteroatoms. The molecule has 0 bridgehead atoms. The Hall–Kier alpha value is -3.24. The lowest BCUT2D eigenvalue weighted by molar-refractivity contribution is 0.0997. The van der Waals surface area contributed by atoms with Crippen LogP contribution in [0.3, 0.4) is 0 Å². The van der Waals surface area contributed by atoms with Gasteiger partial charge >= 0.3 is 0 Å². The number of anilines is 1. The number of benzene rings is 1. The molecule has 1 amide bonds. The second-order valence-electron chi connectivity index (χ2n) is 9.10. The van der Waals surface area contributed by atoms with Crippen molar-refractivity contribution in [1.82, 2.24) is 9.97 Å². The number of hydrogen-bond acceptors (Lipinski definition) is 7. The van der Waals surface area contributed by atoms with Gasteiger partial charge in [0.2, 0.25) is 15.7 Å². The van der Waals surface area contributed by atoms with Crippen LogP contribution >= 0.6 is 11.6 Å². The smallest absolute Gasteiger partial charge is 0.253 e. The van der Waals surface area contributed by atoms with Gasteiger partial charge in [-0.1, -0.05) is 24.6 Å². The fraction of sp³-hybridized carbons (Fsp3) is 0.292. The minimum atomic E-state index is -4.33. The number of carbonyl (C=O) groups excluding carboxylic acids is 1. The predicted octanol–water partition coefficient (Wildman–Crippen LogP) is 4.62. The molecule has 4 rings (SSSR count). The number of sulfone groups is 1. The van der Waals surface area contributed by atoms with Gasteiger partial charge in [-0.3, -0.25) is 4.79 Å². The van der Waals surface area contributed by atoms with Crippen molar-refractivity contribution >= 4 is 33.2 Å². The number of rotatable bonds is 6. The Morgan fingerprint density at radius 2 is 2.00 bits per heavy atom. The molecule has 1 aliphatic heterocycles. The highest BCUT2D eigenvalue weighted by molar-refractivity contribution is 7.91. The van der Waals surface area contributed by atoms with Crippen molar-refractivity contribution in [3.63, 3.8) is 0 Å². The summed E-state index contributed by atoms with van der Waals surface area (Å²) in [6.07, 6.45) is 2.17. The number of pyridine rings is 2. The van der Waals surface area contributed by atoms with Gasteiger partial charge in [0.05, 0.1) is 4.90 Å². The third-order valence-electron chi connectivity index (χ3n) is 5.84. The molecule has 1 aromatic carbocycles. The summed E-state index contributed by atoms with van der Waals surface area (Å²) in [7, 11) is -4.33. The molecule has 3 heterocycles. The van der Waals surface area contributed by atoms with Gasteiger partial charge in [-0.15, -0.1) is 0 Å². The van der Waals surface area contributed by atoms with E-state index in [2.05, 4.69) is 16.9 Å². The fourth-order valence-corrected chi connectivity index (χ4v) is 5.99. The number of carbonyl (C=O) groups is 1. The summed E-state index contributed by atoms with van der Waals surface area (Å²) in [5, 5.41) is -0.161. The summed E-state index contributed by atoms with van der Waals surface area (Å²) in [6.45, 7) is 6.67. The van der Waals surface area contributed by atoms with E-state index >= 15 is 0 Å². The zero-order chi connectivity index (χ0) is 25.5. The third kappa shape index (κ3) is 4.81. The van der Waals surface area contributed by atoms with E-state index in [9.17, 15) is 17.6 Å². The SMILES string of the molecule is CC1CN(c2nccc(S(=O)(=O)c3cccc(Oc4cc(Cl)ccc4F)n3)c2C(N)=O)C(C)(C)C1. The fourth-order valence-electron chi connectivity index (χ4n) is 4.44. The van der Waals surface area contributed by atoms with E-state index < -0.39 is 26.6 Å². The normalized spacial score (nSPS) is 17.4. The van der Waals surface area contributed by atoms with E-state index in [1.807, 2.05) is 18.7 Å². The van der Waals surface area contributed by atoms with Crippen LogP contribution in [0.15, 0.2) is 58.6 Å². The molecule has 1 unspecified atom stereocenters. The van der Waals surface area contributed by atoms with Crippen LogP contribution in [0.25, 0.3) is 0 Å². The molecule has 1 aliphatic rings. The monoisotopic (exact) mass is 518 g/mol. The number of nitrogens with two attached hydrogens (primary N) is 1. The van der Waals surface area contributed by atoms with E-state index in [0.29, 0.717) is 12.5 Å². The second-order valence-corrected chi connectivity index (χ2v) is 11.4. The molecule has 0 radical (unpaired) electrons. The summed E-state index contributed by atoms with van der Waals surface area (Å²) in [4.78, 5) is 22.5. The Labute approximate surface area is 207 Å². The van der Waals surface area contributed by atoms with E-state index in [1.165, 1.54) is 42.6 Å². The quantitative estimate of drug-likeness (QED) is 0.506. The molecule has 184 valence electrons. The number of aromatic nitrogens is 2. The summed E-state index contributed by atoms with van der Waals surface area (Å²) in [5.74, 6) is -1.47. The molecule has 35 heavy (non-hydrogen) atoms. The number of nitrogens with zero attached hydrogens (tertiary/aromatic N) is 3. The average Bonchev–Trinajstić information content (AvgIpc) is 3.07. The molecular formula is C24H24ClFN4O4S. The molecule has 1 fully saturated rings. The summed E-state index contributed by atoms with van der Waals surface area (Å²) in [6, 6.07) is 8.97. The lowest BCUT2D eigenvalue weighted by Gasteiger charge is -2.33. The Morgan fingerprint density at radius 3 is 2.66 bits per heavy atom. The third-order valence-corrected chi connectivity index (χ3v) is 7.77. The molecule has 0 aliphatic carbocycles. The zero-order valence-corrected chi connectivity index (χ0v) is 20.9. The van der Waals surface area contributed by atoms with Crippen LogP contribution in [-0.4, -0.2) is 36.4 Å². The molecule has 3 aromatic rings. The number of primary amides is 1. The van der Waals surface area contributed by atoms with Gasteiger partial charge in [-0.05, 0) is 50.5 Å². The molecule has 8 nitrogen and oxygen atoms in total. The van der Waals surface area contributed by atoms with Gasteiger partial charge in [0, 0.05) is 35.4 Å². The van der Waals surface area contributed by atoms with Crippen LogP contribution in [0.5, 0.6) is 11.6 Å².